The predicted octanol–water partition coefficient (Wildman–Crippen LogP) is 4.37. The zero-order chi connectivity index (χ0) is 20.1. The molecule has 3 aromatic rings. The van der Waals surface area contributed by atoms with Crippen LogP contribution in [0.2, 0.25) is 0 Å². The number of hydrogen-bond donors (Lipinski definition) is 1. The van der Waals surface area contributed by atoms with Gasteiger partial charge in [-0.15, -0.1) is 16.1 Å². The fourth-order valence-corrected chi connectivity index (χ4v) is 7.23. The van der Waals surface area contributed by atoms with E-state index in [-0.39, 0.29) is 10.8 Å². The van der Waals surface area contributed by atoms with Crippen LogP contribution in [0.15, 0.2) is 46.0 Å². The normalized spacial score (nSPS) is 18.9. The average Bonchev–Trinajstić information content (AvgIpc) is 3.28. The van der Waals surface area contributed by atoms with Gasteiger partial charge in [-0.2, -0.15) is 8.42 Å². The zero-order valence-electron chi connectivity index (χ0n) is 16.1. The van der Waals surface area contributed by atoms with Crippen LogP contribution < -0.4 is 4.72 Å². The lowest BCUT2D eigenvalue weighted by atomic mass is 9.91. The van der Waals surface area contributed by atoms with Crippen LogP contribution >= 0.6 is 11.3 Å². The number of nitrogens with zero attached hydrogens (tertiary/aromatic N) is 1. The molecule has 0 saturated carbocycles. The van der Waals surface area contributed by atoms with Crippen molar-refractivity contribution in [3.8, 4) is 0 Å². The molecule has 28 heavy (non-hydrogen) atoms. The highest BCUT2D eigenvalue weighted by Crippen LogP contribution is 2.41. The SMILES string of the molecule is CC(C)(C)[S+]([O-])N[C@@H]1CCCc2c1c1ccccc1n2S(=O)(=O)c1cccs1. The fourth-order valence-electron chi connectivity index (χ4n) is 3.73. The van der Waals surface area contributed by atoms with Gasteiger partial charge in [-0.3, -0.25) is 0 Å². The van der Waals surface area contributed by atoms with E-state index in [1.165, 1.54) is 15.3 Å². The largest absolute Gasteiger partial charge is 0.598 e. The Bertz CT molecular complexity index is 1100. The quantitative estimate of drug-likeness (QED) is 0.616. The number of para-hydroxylation sites is 1. The highest BCUT2D eigenvalue weighted by atomic mass is 32.2. The molecule has 0 radical (unpaired) electrons. The van der Waals surface area contributed by atoms with Crippen molar-refractivity contribution in [1.82, 2.24) is 8.69 Å². The van der Waals surface area contributed by atoms with Crippen molar-refractivity contribution in [3.63, 3.8) is 0 Å². The number of fused-ring (bicyclic) bond motifs is 3. The number of rotatable bonds is 4. The van der Waals surface area contributed by atoms with Crippen molar-refractivity contribution < 1.29 is 13.0 Å². The van der Waals surface area contributed by atoms with Gasteiger partial charge in [0.25, 0.3) is 10.0 Å². The Morgan fingerprint density at radius 2 is 1.96 bits per heavy atom. The zero-order valence-corrected chi connectivity index (χ0v) is 18.6. The minimum absolute atomic E-state index is 0.131. The van der Waals surface area contributed by atoms with E-state index in [9.17, 15) is 13.0 Å². The van der Waals surface area contributed by atoms with E-state index in [1.807, 2.05) is 45.0 Å². The second kappa shape index (κ2) is 7.18. The third-order valence-electron chi connectivity index (χ3n) is 5.02. The smallest absolute Gasteiger partial charge is 0.277 e. The summed E-state index contributed by atoms with van der Waals surface area (Å²) in [5.41, 5.74) is 2.47. The third kappa shape index (κ3) is 3.31. The summed E-state index contributed by atoms with van der Waals surface area (Å²) in [6, 6.07) is 10.9. The average molecular weight is 437 g/mol. The van der Waals surface area contributed by atoms with Crippen molar-refractivity contribution in [1.29, 1.82) is 0 Å². The molecule has 5 nitrogen and oxygen atoms in total. The maximum absolute atomic E-state index is 13.4. The molecule has 0 amide bonds. The summed E-state index contributed by atoms with van der Waals surface area (Å²) in [5, 5.41) is 2.70. The van der Waals surface area contributed by atoms with E-state index in [2.05, 4.69) is 4.72 Å². The van der Waals surface area contributed by atoms with Crippen LogP contribution in [-0.4, -0.2) is 21.7 Å². The lowest BCUT2D eigenvalue weighted by Gasteiger charge is -2.30. The number of aromatic nitrogens is 1. The van der Waals surface area contributed by atoms with Crippen LogP contribution in [0.3, 0.4) is 0 Å². The van der Waals surface area contributed by atoms with Gasteiger partial charge in [-0.25, -0.2) is 3.97 Å². The summed E-state index contributed by atoms with van der Waals surface area (Å²) < 4.78 is 44.3. The molecule has 1 aromatic carbocycles. The second-order valence-corrected chi connectivity index (χ2v) is 13.0. The second-order valence-electron chi connectivity index (χ2n) is 8.02. The molecule has 2 atom stereocenters. The summed E-state index contributed by atoms with van der Waals surface area (Å²) >= 11 is -0.00407. The first-order valence-corrected chi connectivity index (χ1v) is 12.8. The number of thiophene rings is 1. The first kappa shape index (κ1) is 20.0. The Morgan fingerprint density at radius 3 is 2.64 bits per heavy atom. The molecule has 0 bridgehead atoms. The molecule has 0 saturated heterocycles. The molecule has 2 aromatic heterocycles. The van der Waals surface area contributed by atoms with Gasteiger partial charge < -0.3 is 4.55 Å². The van der Waals surface area contributed by atoms with Gasteiger partial charge in [0.05, 0.1) is 11.6 Å². The lowest BCUT2D eigenvalue weighted by Crippen LogP contribution is -2.42. The van der Waals surface area contributed by atoms with Crippen molar-refractivity contribution in [3.05, 3.63) is 53.0 Å². The van der Waals surface area contributed by atoms with E-state index in [0.29, 0.717) is 16.1 Å². The predicted molar refractivity (Wildman–Crippen MR) is 116 cm³/mol. The van der Waals surface area contributed by atoms with Crippen LogP contribution in [0, 0.1) is 0 Å². The van der Waals surface area contributed by atoms with Gasteiger partial charge in [0.1, 0.15) is 8.96 Å². The van der Waals surface area contributed by atoms with E-state index in [1.54, 1.807) is 17.5 Å². The van der Waals surface area contributed by atoms with Gasteiger partial charge >= 0.3 is 0 Å². The highest BCUT2D eigenvalue weighted by Gasteiger charge is 2.36. The molecule has 0 spiro atoms. The van der Waals surface area contributed by atoms with Gasteiger partial charge in [0.2, 0.25) is 0 Å². The van der Waals surface area contributed by atoms with Crippen molar-refractivity contribution >= 4 is 43.6 Å². The third-order valence-corrected chi connectivity index (χ3v) is 9.75. The maximum atomic E-state index is 13.4. The van der Waals surface area contributed by atoms with Crippen LogP contribution in [0.25, 0.3) is 10.9 Å². The summed E-state index contributed by atoms with van der Waals surface area (Å²) in [4.78, 5) is 0. The first-order chi connectivity index (χ1) is 13.2. The van der Waals surface area contributed by atoms with Crippen LogP contribution in [0.5, 0.6) is 0 Å². The fraction of sp³-hybridized carbons (Fsp3) is 0.400. The van der Waals surface area contributed by atoms with E-state index in [0.717, 1.165) is 29.5 Å². The van der Waals surface area contributed by atoms with E-state index >= 15 is 0 Å². The lowest BCUT2D eigenvalue weighted by molar-refractivity contribution is 0.488. The minimum atomic E-state index is -3.67. The standard InChI is InChI=1S/C20H24N2O3S3/c1-20(2,3)27(23)21-15-9-6-11-17-19(15)14-8-4-5-10-16(14)22(17)28(24,25)18-12-7-13-26-18/h4-5,7-8,10,12-13,15,21H,6,9,11H2,1-3H3/t15-,27?/m1/s1. The number of hydrogen-bond acceptors (Lipinski definition) is 5. The van der Waals surface area contributed by atoms with Crippen molar-refractivity contribution in [2.45, 2.75) is 55.0 Å². The molecule has 2 heterocycles. The molecular weight excluding hydrogens is 412 g/mol. The maximum Gasteiger partial charge on any atom is 0.277 e. The summed E-state index contributed by atoms with van der Waals surface area (Å²) in [6.45, 7) is 5.80. The molecule has 1 aliphatic rings. The highest BCUT2D eigenvalue weighted by molar-refractivity contribution is 7.92. The number of nitrogens with one attached hydrogen (secondary N) is 1. The minimum Gasteiger partial charge on any atom is -0.598 e. The molecule has 8 heteroatoms. The van der Waals surface area contributed by atoms with E-state index < -0.39 is 21.4 Å². The Hall–Kier alpha value is -1.32. The molecule has 4 rings (SSSR count). The Kier molecular flexibility index (Phi) is 5.12. The topological polar surface area (TPSA) is 74.2 Å². The van der Waals surface area contributed by atoms with Crippen LogP contribution in [0.4, 0.5) is 0 Å². The van der Waals surface area contributed by atoms with Gasteiger partial charge in [0.15, 0.2) is 0 Å². The molecule has 1 aliphatic carbocycles. The van der Waals surface area contributed by atoms with Crippen LogP contribution in [0.1, 0.15) is 50.9 Å². The summed E-state index contributed by atoms with van der Waals surface area (Å²) in [6.07, 6.45) is 2.37. The van der Waals surface area contributed by atoms with E-state index in [4.69, 9.17) is 0 Å². The molecule has 0 aliphatic heterocycles. The van der Waals surface area contributed by atoms with Crippen LogP contribution in [-0.2, 0) is 27.8 Å². The van der Waals surface area contributed by atoms with Gasteiger partial charge in [-0.05, 0) is 57.5 Å². The Labute approximate surface area is 173 Å². The van der Waals surface area contributed by atoms with Crippen molar-refractivity contribution in [2.24, 2.45) is 0 Å². The first-order valence-electron chi connectivity index (χ1n) is 9.30. The van der Waals surface area contributed by atoms with Crippen molar-refractivity contribution in [2.75, 3.05) is 0 Å². The molecule has 0 fully saturated rings. The molecule has 1 N–H and O–H groups in total. The Balaban J connectivity index is 1.91. The molecule has 1 unspecified atom stereocenters. The number of benzene rings is 1. The summed E-state index contributed by atoms with van der Waals surface area (Å²) in [7, 11) is -3.67. The summed E-state index contributed by atoms with van der Waals surface area (Å²) in [5.74, 6) is 0. The molecule has 150 valence electrons. The van der Waals surface area contributed by atoms with Gasteiger partial charge in [-0.1, -0.05) is 24.3 Å². The Morgan fingerprint density at radius 1 is 1.21 bits per heavy atom. The monoisotopic (exact) mass is 436 g/mol. The molecular formula is C20H24N2O3S3. The van der Waals surface area contributed by atoms with Gasteiger partial charge in [0, 0.05) is 28.0 Å².